The highest BCUT2D eigenvalue weighted by molar-refractivity contribution is 5.83. The van der Waals surface area contributed by atoms with E-state index < -0.39 is 42.0 Å². The van der Waals surface area contributed by atoms with Gasteiger partial charge in [-0.3, -0.25) is 10.1 Å². The van der Waals surface area contributed by atoms with Gasteiger partial charge in [0.05, 0.1) is 23.7 Å². The summed E-state index contributed by atoms with van der Waals surface area (Å²) in [6.07, 6.45) is -9.53. The topological polar surface area (TPSA) is 64.9 Å². The first-order valence-electron chi connectivity index (χ1n) is 6.68. The molecule has 0 fully saturated rings. The van der Waals surface area contributed by atoms with Gasteiger partial charge in [-0.15, -0.1) is 0 Å². The van der Waals surface area contributed by atoms with Gasteiger partial charge in [0.2, 0.25) is 5.91 Å². The van der Waals surface area contributed by atoms with Crippen LogP contribution in [0.1, 0.15) is 29.7 Å². The number of hydrogen-bond donors (Lipinski definition) is 2. The van der Waals surface area contributed by atoms with Gasteiger partial charge in [0.25, 0.3) is 0 Å². The summed E-state index contributed by atoms with van der Waals surface area (Å²) in [5, 5.41) is 12.9. The van der Waals surface area contributed by atoms with Crippen LogP contribution in [0, 0.1) is 11.3 Å². The lowest BCUT2D eigenvalue weighted by atomic mass is 9.99. The minimum absolute atomic E-state index is 0.0887. The second-order valence-electron chi connectivity index (χ2n) is 4.74. The Hall–Kier alpha value is -2.28. The number of nitrogens with one attached hydrogen (secondary N) is 2. The molecule has 1 amide bonds. The van der Waals surface area contributed by atoms with Crippen molar-refractivity contribution in [3.05, 3.63) is 34.9 Å². The second kappa shape index (κ2) is 7.53. The smallest absolute Gasteiger partial charge is 0.355 e. The Morgan fingerprint density at radius 3 is 2.33 bits per heavy atom. The largest absolute Gasteiger partial charge is 0.417 e. The Morgan fingerprint density at radius 2 is 1.88 bits per heavy atom. The lowest BCUT2D eigenvalue weighted by molar-refractivity contribution is -0.138. The van der Waals surface area contributed by atoms with Crippen LogP contribution in [-0.2, 0) is 11.0 Å². The zero-order valence-corrected chi connectivity index (χ0v) is 12.3. The summed E-state index contributed by atoms with van der Waals surface area (Å²) in [4.78, 5) is 11.9. The standard InChI is InChI=1S/C14H13F6N3O/c1-2-22-12(24)11(23-7-13(15,16)17)8-3-4-9(6-21)10(5-8)14(18,19)20/h3-5,11,23H,2,7H2,1H3,(H,22,24). The maximum atomic E-state index is 13.0. The molecular formula is C14H13F6N3O. The normalized spacial score (nSPS) is 13.2. The lowest BCUT2D eigenvalue weighted by Gasteiger charge is -2.21. The van der Waals surface area contributed by atoms with Crippen molar-refractivity contribution < 1.29 is 31.1 Å². The fourth-order valence-corrected chi connectivity index (χ4v) is 1.93. The number of nitriles is 1. The van der Waals surface area contributed by atoms with Crippen LogP contribution >= 0.6 is 0 Å². The van der Waals surface area contributed by atoms with Gasteiger partial charge in [0, 0.05) is 6.54 Å². The van der Waals surface area contributed by atoms with E-state index in [9.17, 15) is 31.1 Å². The molecule has 0 spiro atoms. The first-order chi connectivity index (χ1) is 11.0. The second-order valence-corrected chi connectivity index (χ2v) is 4.74. The minimum Gasteiger partial charge on any atom is -0.355 e. The van der Waals surface area contributed by atoms with Gasteiger partial charge in [0.15, 0.2) is 0 Å². The number of nitrogens with zero attached hydrogens (tertiary/aromatic N) is 1. The summed E-state index contributed by atoms with van der Waals surface area (Å²) in [5.74, 6) is -0.903. The Labute approximate surface area is 133 Å². The first kappa shape index (κ1) is 19.8. The number of amides is 1. The van der Waals surface area contributed by atoms with Crippen molar-refractivity contribution in [3.63, 3.8) is 0 Å². The molecule has 0 saturated heterocycles. The van der Waals surface area contributed by atoms with E-state index in [0.717, 1.165) is 12.1 Å². The first-order valence-corrected chi connectivity index (χ1v) is 6.68. The summed E-state index contributed by atoms with van der Waals surface area (Å²) in [6.45, 7) is 0.0419. The van der Waals surface area contributed by atoms with Crippen molar-refractivity contribution >= 4 is 5.91 Å². The summed E-state index contributed by atoms with van der Waals surface area (Å²) < 4.78 is 75.9. The van der Waals surface area contributed by atoms with Gasteiger partial charge in [-0.25, -0.2) is 0 Å². The van der Waals surface area contributed by atoms with E-state index in [-0.39, 0.29) is 12.1 Å². The molecule has 0 heterocycles. The van der Waals surface area contributed by atoms with Crippen LogP contribution in [0.3, 0.4) is 0 Å². The van der Waals surface area contributed by atoms with E-state index in [4.69, 9.17) is 5.26 Å². The Balaban J connectivity index is 3.27. The molecule has 10 heteroatoms. The molecule has 2 N–H and O–H groups in total. The van der Waals surface area contributed by atoms with Crippen molar-refractivity contribution in [2.45, 2.75) is 25.3 Å². The molecule has 0 saturated carbocycles. The Morgan fingerprint density at radius 1 is 1.25 bits per heavy atom. The van der Waals surface area contributed by atoms with Crippen LogP contribution in [0.4, 0.5) is 26.3 Å². The maximum Gasteiger partial charge on any atom is 0.417 e. The third-order valence-electron chi connectivity index (χ3n) is 2.92. The molecule has 0 radical (unpaired) electrons. The molecule has 4 nitrogen and oxygen atoms in total. The van der Waals surface area contributed by atoms with E-state index in [1.54, 1.807) is 0 Å². The number of halogens is 6. The number of rotatable bonds is 5. The number of likely N-dealkylation sites (N-methyl/N-ethyl adjacent to an activating group) is 1. The van der Waals surface area contributed by atoms with Crippen molar-refractivity contribution in [2.75, 3.05) is 13.1 Å². The van der Waals surface area contributed by atoms with E-state index in [1.807, 2.05) is 5.32 Å². The molecule has 0 aliphatic carbocycles. The van der Waals surface area contributed by atoms with Gasteiger partial charge >= 0.3 is 12.4 Å². The lowest BCUT2D eigenvalue weighted by Crippen LogP contribution is -2.41. The van der Waals surface area contributed by atoms with Crippen LogP contribution < -0.4 is 10.6 Å². The molecule has 24 heavy (non-hydrogen) atoms. The maximum absolute atomic E-state index is 13.0. The summed E-state index contributed by atoms with van der Waals surface area (Å²) in [6, 6.07) is 2.05. The number of hydrogen-bond acceptors (Lipinski definition) is 3. The van der Waals surface area contributed by atoms with Gasteiger partial charge in [0.1, 0.15) is 6.04 Å². The van der Waals surface area contributed by atoms with Crippen LogP contribution in [0.5, 0.6) is 0 Å². The van der Waals surface area contributed by atoms with E-state index >= 15 is 0 Å². The van der Waals surface area contributed by atoms with Crippen LogP contribution in [-0.4, -0.2) is 25.2 Å². The molecule has 1 unspecified atom stereocenters. The molecule has 1 rings (SSSR count). The average Bonchev–Trinajstić information content (AvgIpc) is 2.45. The molecule has 1 aromatic carbocycles. The van der Waals surface area contributed by atoms with Crippen LogP contribution in [0.25, 0.3) is 0 Å². The Bertz CT molecular complexity index is 633. The van der Waals surface area contributed by atoms with Crippen molar-refractivity contribution in [2.24, 2.45) is 0 Å². The van der Waals surface area contributed by atoms with Gasteiger partial charge in [-0.2, -0.15) is 31.6 Å². The molecule has 0 bridgehead atoms. The minimum atomic E-state index is -4.88. The molecule has 1 aromatic rings. The fraction of sp³-hybridized carbons (Fsp3) is 0.429. The molecule has 1 atom stereocenters. The predicted octanol–water partition coefficient (Wildman–Crippen LogP) is 2.91. The highest BCUT2D eigenvalue weighted by Gasteiger charge is 2.36. The van der Waals surface area contributed by atoms with E-state index in [1.165, 1.54) is 13.0 Å². The quantitative estimate of drug-likeness (QED) is 0.800. The highest BCUT2D eigenvalue weighted by atomic mass is 19.4. The Kier molecular flexibility index (Phi) is 6.20. The molecule has 0 aliphatic rings. The molecular weight excluding hydrogens is 340 g/mol. The third kappa shape index (κ3) is 5.42. The third-order valence-corrected chi connectivity index (χ3v) is 2.92. The van der Waals surface area contributed by atoms with Gasteiger partial charge in [-0.05, 0) is 24.6 Å². The fourth-order valence-electron chi connectivity index (χ4n) is 1.93. The number of alkyl halides is 6. The number of benzene rings is 1. The highest BCUT2D eigenvalue weighted by Crippen LogP contribution is 2.33. The summed E-state index contributed by atoms with van der Waals surface area (Å²) in [5.41, 5.74) is -2.32. The summed E-state index contributed by atoms with van der Waals surface area (Å²) >= 11 is 0. The predicted molar refractivity (Wildman–Crippen MR) is 71.6 cm³/mol. The van der Waals surface area contributed by atoms with Crippen molar-refractivity contribution in [1.82, 2.24) is 10.6 Å². The zero-order chi connectivity index (χ0) is 18.5. The van der Waals surface area contributed by atoms with Crippen molar-refractivity contribution in [1.29, 1.82) is 5.26 Å². The SMILES string of the molecule is CCNC(=O)C(NCC(F)(F)F)c1ccc(C#N)c(C(F)(F)F)c1. The molecule has 0 aromatic heterocycles. The van der Waals surface area contributed by atoms with Crippen LogP contribution in [0.2, 0.25) is 0 Å². The molecule has 0 aliphatic heterocycles. The average molecular weight is 353 g/mol. The molecule has 132 valence electrons. The number of carbonyl (C=O) groups excluding carboxylic acids is 1. The monoisotopic (exact) mass is 353 g/mol. The van der Waals surface area contributed by atoms with Crippen molar-refractivity contribution in [3.8, 4) is 6.07 Å². The van der Waals surface area contributed by atoms with Crippen LogP contribution in [0.15, 0.2) is 18.2 Å². The van der Waals surface area contributed by atoms with E-state index in [2.05, 4.69) is 5.32 Å². The summed E-state index contributed by atoms with van der Waals surface area (Å²) in [7, 11) is 0. The van der Waals surface area contributed by atoms with Gasteiger partial charge in [-0.1, -0.05) is 6.07 Å². The number of carbonyl (C=O) groups is 1. The van der Waals surface area contributed by atoms with Gasteiger partial charge < -0.3 is 5.32 Å². The van der Waals surface area contributed by atoms with E-state index in [0.29, 0.717) is 6.07 Å². The zero-order valence-electron chi connectivity index (χ0n) is 12.3.